The van der Waals surface area contributed by atoms with Crippen LogP contribution in [0.15, 0.2) is 0 Å². The Morgan fingerprint density at radius 3 is 2.20 bits per heavy atom. The molecule has 0 spiro atoms. The SMILES string of the molecule is O=C(C1CCCOC1)C(F)(F)C(F)(F)F. The molecule has 1 atom stereocenters. The van der Waals surface area contributed by atoms with Crippen molar-refractivity contribution in [1.29, 1.82) is 0 Å². The maximum atomic E-state index is 12.6. The van der Waals surface area contributed by atoms with Gasteiger partial charge in [0.15, 0.2) is 0 Å². The van der Waals surface area contributed by atoms with Crippen LogP contribution in [0.25, 0.3) is 0 Å². The number of hydrogen-bond acceptors (Lipinski definition) is 2. The topological polar surface area (TPSA) is 26.3 Å². The van der Waals surface area contributed by atoms with Crippen molar-refractivity contribution >= 4 is 5.78 Å². The van der Waals surface area contributed by atoms with Gasteiger partial charge < -0.3 is 4.74 Å². The van der Waals surface area contributed by atoms with E-state index in [2.05, 4.69) is 4.74 Å². The smallest absolute Gasteiger partial charge is 0.381 e. The first-order chi connectivity index (χ1) is 6.77. The van der Waals surface area contributed by atoms with Crippen LogP contribution in [0.2, 0.25) is 0 Å². The fourth-order valence-electron chi connectivity index (χ4n) is 1.34. The summed E-state index contributed by atoms with van der Waals surface area (Å²) < 4.78 is 65.3. The molecule has 15 heavy (non-hydrogen) atoms. The Balaban J connectivity index is 2.74. The second-order valence-corrected chi connectivity index (χ2v) is 3.35. The van der Waals surface area contributed by atoms with Gasteiger partial charge in [-0.1, -0.05) is 0 Å². The molecule has 88 valence electrons. The predicted octanol–water partition coefficient (Wildman–Crippen LogP) is 2.18. The summed E-state index contributed by atoms with van der Waals surface area (Å²) in [6, 6.07) is 0. The summed E-state index contributed by atoms with van der Waals surface area (Å²) in [6.07, 6.45) is -5.48. The molecular formula is C8H9F5O2. The monoisotopic (exact) mass is 232 g/mol. The molecule has 1 aliphatic rings. The Kier molecular flexibility index (Phi) is 3.32. The van der Waals surface area contributed by atoms with Gasteiger partial charge in [0.05, 0.1) is 6.61 Å². The summed E-state index contributed by atoms with van der Waals surface area (Å²) in [6.45, 7) is -0.0636. The summed E-state index contributed by atoms with van der Waals surface area (Å²) in [5, 5.41) is 0. The number of ketones is 1. The lowest BCUT2D eigenvalue weighted by molar-refractivity contribution is -0.271. The fraction of sp³-hybridized carbons (Fsp3) is 0.875. The normalized spacial score (nSPS) is 23.9. The van der Waals surface area contributed by atoms with Crippen molar-refractivity contribution in [2.24, 2.45) is 5.92 Å². The van der Waals surface area contributed by atoms with Gasteiger partial charge in [0.2, 0.25) is 5.78 Å². The van der Waals surface area contributed by atoms with Gasteiger partial charge in [-0.05, 0) is 12.8 Å². The van der Waals surface area contributed by atoms with Crippen LogP contribution in [0, 0.1) is 5.92 Å². The van der Waals surface area contributed by atoms with Crippen molar-refractivity contribution in [1.82, 2.24) is 0 Å². The van der Waals surface area contributed by atoms with Crippen LogP contribution >= 0.6 is 0 Å². The van der Waals surface area contributed by atoms with Crippen LogP contribution in [0.5, 0.6) is 0 Å². The Labute approximate surface area is 82.4 Å². The average Bonchev–Trinajstić information content (AvgIpc) is 2.16. The van der Waals surface area contributed by atoms with E-state index in [9.17, 15) is 26.7 Å². The maximum absolute atomic E-state index is 12.6. The van der Waals surface area contributed by atoms with Crippen LogP contribution in [0.1, 0.15) is 12.8 Å². The van der Waals surface area contributed by atoms with E-state index in [4.69, 9.17) is 0 Å². The van der Waals surface area contributed by atoms with Gasteiger partial charge in [0, 0.05) is 12.5 Å². The number of ether oxygens (including phenoxy) is 1. The zero-order valence-corrected chi connectivity index (χ0v) is 7.61. The number of carbonyl (C=O) groups is 1. The molecule has 1 heterocycles. The van der Waals surface area contributed by atoms with Gasteiger partial charge in [0.25, 0.3) is 0 Å². The molecule has 2 nitrogen and oxygen atoms in total. The highest BCUT2D eigenvalue weighted by Crippen LogP contribution is 2.39. The zero-order valence-electron chi connectivity index (χ0n) is 7.61. The Hall–Kier alpha value is -0.720. The molecule has 1 fully saturated rings. The van der Waals surface area contributed by atoms with Crippen LogP contribution < -0.4 is 0 Å². The molecule has 0 saturated carbocycles. The number of Topliss-reactive ketones (excluding diaryl/α,β-unsaturated/α-hetero) is 1. The maximum Gasteiger partial charge on any atom is 0.461 e. The number of carbonyl (C=O) groups excluding carboxylic acids is 1. The van der Waals surface area contributed by atoms with E-state index in [0.717, 1.165) is 0 Å². The van der Waals surface area contributed by atoms with E-state index in [1.54, 1.807) is 0 Å². The molecule has 0 bridgehead atoms. The lowest BCUT2D eigenvalue weighted by Gasteiger charge is -2.26. The third-order valence-electron chi connectivity index (χ3n) is 2.20. The molecular weight excluding hydrogens is 223 g/mol. The molecule has 0 radical (unpaired) electrons. The van der Waals surface area contributed by atoms with Crippen molar-refractivity contribution < 1.29 is 31.5 Å². The third-order valence-corrected chi connectivity index (χ3v) is 2.20. The van der Waals surface area contributed by atoms with Crippen molar-refractivity contribution in [2.75, 3.05) is 13.2 Å². The molecule has 7 heteroatoms. The van der Waals surface area contributed by atoms with Crippen molar-refractivity contribution in [3.05, 3.63) is 0 Å². The summed E-state index contributed by atoms with van der Waals surface area (Å²) in [7, 11) is 0. The van der Waals surface area contributed by atoms with Gasteiger partial charge in [-0.15, -0.1) is 0 Å². The second-order valence-electron chi connectivity index (χ2n) is 3.35. The van der Waals surface area contributed by atoms with Gasteiger partial charge in [-0.2, -0.15) is 22.0 Å². The summed E-state index contributed by atoms with van der Waals surface area (Å²) in [5.41, 5.74) is 0. The van der Waals surface area contributed by atoms with Crippen molar-refractivity contribution in [3.8, 4) is 0 Å². The minimum Gasteiger partial charge on any atom is -0.381 e. The lowest BCUT2D eigenvalue weighted by atomic mass is 9.93. The number of alkyl halides is 5. The Morgan fingerprint density at radius 1 is 1.20 bits per heavy atom. The van der Waals surface area contributed by atoms with E-state index in [-0.39, 0.29) is 13.0 Å². The van der Waals surface area contributed by atoms with Crippen LogP contribution in [0.4, 0.5) is 22.0 Å². The molecule has 0 aromatic carbocycles. The van der Waals surface area contributed by atoms with Gasteiger partial charge in [0.1, 0.15) is 0 Å². The molecule has 0 amide bonds. The van der Waals surface area contributed by atoms with E-state index in [1.165, 1.54) is 0 Å². The number of hydrogen-bond donors (Lipinski definition) is 0. The molecule has 0 N–H and O–H groups in total. The minimum atomic E-state index is -5.82. The average molecular weight is 232 g/mol. The van der Waals surface area contributed by atoms with Crippen LogP contribution in [-0.4, -0.2) is 31.1 Å². The first kappa shape index (κ1) is 12.4. The van der Waals surface area contributed by atoms with Crippen molar-refractivity contribution in [3.63, 3.8) is 0 Å². The van der Waals surface area contributed by atoms with Gasteiger partial charge in [-0.3, -0.25) is 4.79 Å². The summed E-state index contributed by atoms with van der Waals surface area (Å²) in [4.78, 5) is 10.9. The number of halogens is 5. The molecule has 0 aliphatic carbocycles. The van der Waals surface area contributed by atoms with Crippen molar-refractivity contribution in [2.45, 2.75) is 24.9 Å². The zero-order chi connectivity index (χ0) is 11.7. The van der Waals surface area contributed by atoms with Crippen LogP contribution in [0.3, 0.4) is 0 Å². The quantitative estimate of drug-likeness (QED) is 0.682. The lowest BCUT2D eigenvalue weighted by Crippen LogP contribution is -2.48. The summed E-state index contributed by atoms with van der Waals surface area (Å²) in [5.74, 6) is -8.71. The first-order valence-corrected chi connectivity index (χ1v) is 4.33. The van der Waals surface area contributed by atoms with Crippen LogP contribution in [-0.2, 0) is 9.53 Å². The number of rotatable bonds is 2. The van der Waals surface area contributed by atoms with E-state index in [0.29, 0.717) is 13.0 Å². The first-order valence-electron chi connectivity index (χ1n) is 4.33. The van der Waals surface area contributed by atoms with E-state index in [1.807, 2.05) is 0 Å². The predicted molar refractivity (Wildman–Crippen MR) is 39.6 cm³/mol. The highest BCUT2D eigenvalue weighted by atomic mass is 19.4. The molecule has 0 aromatic rings. The Morgan fingerprint density at radius 2 is 1.80 bits per heavy atom. The highest BCUT2D eigenvalue weighted by molar-refractivity contribution is 5.88. The standard InChI is InChI=1S/C8H9F5O2/c9-7(10,8(11,12)13)6(14)5-2-1-3-15-4-5/h5H,1-4H2. The molecule has 0 aromatic heterocycles. The largest absolute Gasteiger partial charge is 0.461 e. The second kappa shape index (κ2) is 4.03. The highest BCUT2D eigenvalue weighted by Gasteiger charge is 2.64. The van der Waals surface area contributed by atoms with E-state index < -0.39 is 23.8 Å². The third kappa shape index (κ3) is 2.45. The summed E-state index contributed by atoms with van der Waals surface area (Å²) >= 11 is 0. The molecule has 1 rings (SSSR count). The van der Waals surface area contributed by atoms with Gasteiger partial charge in [-0.25, -0.2) is 0 Å². The Bertz CT molecular complexity index is 242. The fourth-order valence-corrected chi connectivity index (χ4v) is 1.34. The minimum absolute atomic E-state index is 0.0184. The molecule has 1 aliphatic heterocycles. The molecule has 1 saturated heterocycles. The molecule has 1 unspecified atom stereocenters. The van der Waals surface area contributed by atoms with E-state index >= 15 is 0 Å². The van der Waals surface area contributed by atoms with Gasteiger partial charge >= 0.3 is 12.1 Å².